The molecule has 0 aliphatic carbocycles. The number of halogens is 1. The van der Waals surface area contributed by atoms with Gasteiger partial charge in [-0.05, 0) is 19.7 Å². The summed E-state index contributed by atoms with van der Waals surface area (Å²) in [5.74, 6) is -0.412. The lowest BCUT2D eigenvalue weighted by atomic mass is 9.98. The molecule has 1 aliphatic heterocycles. The van der Waals surface area contributed by atoms with Gasteiger partial charge in [-0.15, -0.1) is 12.4 Å². The topological polar surface area (TPSA) is 40.6 Å². The van der Waals surface area contributed by atoms with Crippen molar-refractivity contribution in [1.82, 2.24) is 9.80 Å². The van der Waals surface area contributed by atoms with Crippen LogP contribution in [0.2, 0.25) is 0 Å². The van der Waals surface area contributed by atoms with E-state index in [9.17, 15) is 9.59 Å². The smallest absolute Gasteiger partial charge is 0.237 e. The maximum Gasteiger partial charge on any atom is 0.237 e. The number of hydrogen-bond donors (Lipinski definition) is 0. The number of imide groups is 1. The Labute approximate surface area is 119 Å². The van der Waals surface area contributed by atoms with Gasteiger partial charge in [0, 0.05) is 19.5 Å². The van der Waals surface area contributed by atoms with Crippen molar-refractivity contribution in [2.45, 2.75) is 12.3 Å². The number of likely N-dealkylation sites (tertiary alicyclic amines) is 1. The van der Waals surface area contributed by atoms with Crippen LogP contribution in [0.5, 0.6) is 0 Å². The highest BCUT2D eigenvalue weighted by Gasteiger charge is 2.38. The molecule has 0 saturated carbocycles. The third-order valence-electron chi connectivity index (χ3n) is 3.22. The van der Waals surface area contributed by atoms with Crippen molar-refractivity contribution in [3.8, 4) is 0 Å². The SMILES string of the molecule is CN(C)CCN1C(=O)CC(c2ccccc2)C1=O.Cl. The molecule has 104 valence electrons. The summed E-state index contributed by atoms with van der Waals surface area (Å²) in [5.41, 5.74) is 0.934. The van der Waals surface area contributed by atoms with Gasteiger partial charge in [0.25, 0.3) is 0 Å². The quantitative estimate of drug-likeness (QED) is 0.786. The van der Waals surface area contributed by atoms with Crippen LogP contribution in [0, 0.1) is 0 Å². The Morgan fingerprint density at radius 1 is 1.21 bits per heavy atom. The number of carbonyl (C=O) groups is 2. The van der Waals surface area contributed by atoms with Gasteiger partial charge in [0.05, 0.1) is 5.92 Å². The summed E-state index contributed by atoms with van der Waals surface area (Å²) in [4.78, 5) is 27.4. The van der Waals surface area contributed by atoms with Crippen LogP contribution >= 0.6 is 12.4 Å². The van der Waals surface area contributed by atoms with Crippen LogP contribution in [0.3, 0.4) is 0 Å². The zero-order valence-corrected chi connectivity index (χ0v) is 12.0. The average Bonchev–Trinajstić information content (AvgIpc) is 2.63. The molecular formula is C14H19ClN2O2. The van der Waals surface area contributed by atoms with Gasteiger partial charge in [-0.3, -0.25) is 14.5 Å². The molecule has 19 heavy (non-hydrogen) atoms. The highest BCUT2D eigenvalue weighted by Crippen LogP contribution is 2.29. The van der Waals surface area contributed by atoms with E-state index in [0.29, 0.717) is 19.5 Å². The molecule has 2 rings (SSSR count). The highest BCUT2D eigenvalue weighted by molar-refractivity contribution is 6.06. The molecule has 1 aromatic rings. The monoisotopic (exact) mass is 282 g/mol. The molecular weight excluding hydrogens is 264 g/mol. The molecule has 2 amide bonds. The second-order valence-corrected chi connectivity index (χ2v) is 4.85. The highest BCUT2D eigenvalue weighted by atomic mass is 35.5. The summed E-state index contributed by atoms with van der Waals surface area (Å²) in [6.07, 6.45) is 0.302. The molecule has 1 saturated heterocycles. The number of amides is 2. The summed E-state index contributed by atoms with van der Waals surface area (Å²) in [6.45, 7) is 1.19. The molecule has 0 bridgehead atoms. The van der Waals surface area contributed by atoms with Gasteiger partial charge in [-0.2, -0.15) is 0 Å². The molecule has 0 aromatic heterocycles. The third-order valence-corrected chi connectivity index (χ3v) is 3.22. The van der Waals surface area contributed by atoms with Crippen LogP contribution in [0.4, 0.5) is 0 Å². The fourth-order valence-corrected chi connectivity index (χ4v) is 2.16. The summed E-state index contributed by atoms with van der Waals surface area (Å²) in [5, 5.41) is 0. The molecule has 4 nitrogen and oxygen atoms in total. The van der Waals surface area contributed by atoms with Crippen LogP contribution in [0.25, 0.3) is 0 Å². The van der Waals surface area contributed by atoms with Gasteiger partial charge in [-0.25, -0.2) is 0 Å². The van der Waals surface area contributed by atoms with Gasteiger partial charge in [0.1, 0.15) is 0 Å². The number of rotatable bonds is 4. The Hall–Kier alpha value is -1.39. The van der Waals surface area contributed by atoms with Gasteiger partial charge in [-0.1, -0.05) is 30.3 Å². The van der Waals surface area contributed by atoms with Crippen molar-refractivity contribution in [3.05, 3.63) is 35.9 Å². The maximum atomic E-state index is 12.2. The van der Waals surface area contributed by atoms with Gasteiger partial charge < -0.3 is 4.90 Å². The average molecular weight is 283 g/mol. The van der Waals surface area contributed by atoms with Crippen molar-refractivity contribution < 1.29 is 9.59 Å². The minimum absolute atomic E-state index is 0. The maximum absolute atomic E-state index is 12.2. The molecule has 0 N–H and O–H groups in total. The van der Waals surface area contributed by atoms with E-state index < -0.39 is 0 Å². The number of likely N-dealkylation sites (N-methyl/N-ethyl adjacent to an activating group) is 1. The van der Waals surface area contributed by atoms with E-state index in [2.05, 4.69) is 0 Å². The van der Waals surface area contributed by atoms with E-state index in [1.165, 1.54) is 4.90 Å². The van der Waals surface area contributed by atoms with Crippen molar-refractivity contribution in [2.75, 3.05) is 27.2 Å². The number of nitrogens with zero attached hydrogens (tertiary/aromatic N) is 2. The Morgan fingerprint density at radius 2 is 1.84 bits per heavy atom. The molecule has 1 atom stereocenters. The fourth-order valence-electron chi connectivity index (χ4n) is 2.16. The lowest BCUT2D eigenvalue weighted by Crippen LogP contribution is -2.36. The lowest BCUT2D eigenvalue weighted by molar-refractivity contribution is -0.138. The zero-order valence-electron chi connectivity index (χ0n) is 11.2. The van der Waals surface area contributed by atoms with Crippen LogP contribution in [-0.2, 0) is 9.59 Å². The fraction of sp³-hybridized carbons (Fsp3) is 0.429. The molecule has 1 fully saturated rings. The predicted molar refractivity (Wildman–Crippen MR) is 76.3 cm³/mol. The first-order chi connectivity index (χ1) is 8.59. The second-order valence-electron chi connectivity index (χ2n) is 4.85. The van der Waals surface area contributed by atoms with Crippen LogP contribution < -0.4 is 0 Å². The van der Waals surface area contributed by atoms with Crippen molar-refractivity contribution in [1.29, 1.82) is 0 Å². The van der Waals surface area contributed by atoms with E-state index in [-0.39, 0.29) is 30.1 Å². The van der Waals surface area contributed by atoms with E-state index in [0.717, 1.165) is 5.56 Å². The first kappa shape index (κ1) is 15.7. The first-order valence-corrected chi connectivity index (χ1v) is 6.13. The Bertz CT molecular complexity index is 448. The van der Waals surface area contributed by atoms with Crippen molar-refractivity contribution in [3.63, 3.8) is 0 Å². The minimum Gasteiger partial charge on any atom is -0.308 e. The third kappa shape index (κ3) is 3.55. The largest absolute Gasteiger partial charge is 0.308 e. The van der Waals surface area contributed by atoms with Crippen LogP contribution in [0.15, 0.2) is 30.3 Å². The van der Waals surface area contributed by atoms with Gasteiger partial charge >= 0.3 is 0 Å². The number of carbonyl (C=O) groups excluding carboxylic acids is 2. The number of hydrogen-bond acceptors (Lipinski definition) is 3. The standard InChI is InChI=1S/C14H18N2O2.ClH/c1-15(2)8-9-16-13(17)10-12(14(16)18)11-6-4-3-5-7-11;/h3-7,12H,8-10H2,1-2H3;1H. The molecule has 5 heteroatoms. The van der Waals surface area contributed by atoms with Gasteiger partial charge in [0.15, 0.2) is 0 Å². The molecule has 0 radical (unpaired) electrons. The van der Waals surface area contributed by atoms with E-state index in [4.69, 9.17) is 0 Å². The predicted octanol–water partition coefficient (Wildman–Crippen LogP) is 1.51. The van der Waals surface area contributed by atoms with Crippen LogP contribution in [0.1, 0.15) is 17.9 Å². The zero-order chi connectivity index (χ0) is 13.1. The lowest BCUT2D eigenvalue weighted by Gasteiger charge is -2.17. The molecule has 1 aromatic carbocycles. The number of benzene rings is 1. The molecule has 0 spiro atoms. The van der Waals surface area contributed by atoms with E-state index in [1.807, 2.05) is 49.3 Å². The van der Waals surface area contributed by atoms with Crippen LogP contribution in [-0.4, -0.2) is 48.8 Å². The Morgan fingerprint density at radius 3 is 2.42 bits per heavy atom. The minimum atomic E-state index is -0.291. The summed E-state index contributed by atoms with van der Waals surface area (Å²) in [7, 11) is 3.86. The summed E-state index contributed by atoms with van der Waals surface area (Å²) >= 11 is 0. The molecule has 1 unspecified atom stereocenters. The van der Waals surface area contributed by atoms with E-state index in [1.54, 1.807) is 0 Å². The normalized spacial score (nSPS) is 18.9. The van der Waals surface area contributed by atoms with E-state index >= 15 is 0 Å². The second kappa shape index (κ2) is 6.68. The molecule has 1 aliphatic rings. The van der Waals surface area contributed by atoms with Gasteiger partial charge in [0.2, 0.25) is 11.8 Å². The summed E-state index contributed by atoms with van der Waals surface area (Å²) < 4.78 is 0. The van der Waals surface area contributed by atoms with Crippen molar-refractivity contribution >= 4 is 24.2 Å². The Kier molecular flexibility index (Phi) is 5.51. The molecule has 1 heterocycles. The Balaban J connectivity index is 0.00000180. The van der Waals surface area contributed by atoms with Crippen molar-refractivity contribution in [2.24, 2.45) is 0 Å². The summed E-state index contributed by atoms with van der Waals surface area (Å²) in [6, 6.07) is 9.52. The first-order valence-electron chi connectivity index (χ1n) is 6.13.